The molecular weight excluding hydrogens is 446 g/mol. The van der Waals surface area contributed by atoms with E-state index in [1.807, 2.05) is 48.5 Å². The summed E-state index contributed by atoms with van der Waals surface area (Å²) in [5.74, 6) is -0.363. The van der Waals surface area contributed by atoms with E-state index in [0.717, 1.165) is 28.8 Å². The molecule has 0 unspecified atom stereocenters. The van der Waals surface area contributed by atoms with Crippen molar-refractivity contribution < 1.29 is 4.79 Å². The van der Waals surface area contributed by atoms with Gasteiger partial charge in [-0.15, -0.1) is 0 Å². The van der Waals surface area contributed by atoms with E-state index in [0.29, 0.717) is 13.1 Å². The van der Waals surface area contributed by atoms with Crippen LogP contribution in [0.5, 0.6) is 0 Å². The number of rotatable bonds is 8. The van der Waals surface area contributed by atoms with Crippen molar-refractivity contribution in [1.82, 2.24) is 14.8 Å². The Morgan fingerprint density at radius 2 is 1.44 bits per heavy atom. The molecule has 182 valence electrons. The van der Waals surface area contributed by atoms with Gasteiger partial charge < -0.3 is 9.88 Å². The van der Waals surface area contributed by atoms with E-state index in [-0.39, 0.29) is 17.0 Å². The van der Waals surface area contributed by atoms with E-state index in [9.17, 15) is 9.59 Å². The molecule has 1 fully saturated rings. The Morgan fingerprint density at radius 3 is 2.22 bits per heavy atom. The fourth-order valence-electron chi connectivity index (χ4n) is 4.83. The molecule has 0 aliphatic carbocycles. The van der Waals surface area contributed by atoms with Crippen molar-refractivity contribution in [3.05, 3.63) is 130 Å². The highest BCUT2D eigenvalue weighted by Crippen LogP contribution is 2.25. The lowest BCUT2D eigenvalue weighted by Gasteiger charge is -2.15. The topological polar surface area (TPSA) is 54.3 Å². The van der Waals surface area contributed by atoms with Crippen LogP contribution in [0, 0.1) is 0 Å². The number of carbonyl (C=O) groups excluding carboxylic acids is 1. The van der Waals surface area contributed by atoms with Crippen molar-refractivity contribution in [1.29, 1.82) is 0 Å². The smallest absolute Gasteiger partial charge is 0.263 e. The van der Waals surface area contributed by atoms with E-state index in [2.05, 4.69) is 40.5 Å². The quantitative estimate of drug-likeness (QED) is 0.385. The SMILES string of the molecule is O=C(NCc1ccccc1-c1ccc(CN2CCCC2)cc1)c1cccn(Cc2ccccc2)c1=O. The van der Waals surface area contributed by atoms with E-state index in [1.54, 1.807) is 22.9 Å². The van der Waals surface area contributed by atoms with E-state index >= 15 is 0 Å². The third-order valence-corrected chi connectivity index (χ3v) is 6.79. The molecule has 3 aromatic carbocycles. The number of aromatic nitrogens is 1. The van der Waals surface area contributed by atoms with Crippen molar-refractivity contribution in [2.75, 3.05) is 13.1 Å². The zero-order valence-corrected chi connectivity index (χ0v) is 20.4. The van der Waals surface area contributed by atoms with Crippen LogP contribution >= 0.6 is 0 Å². The van der Waals surface area contributed by atoms with Gasteiger partial charge >= 0.3 is 0 Å². The van der Waals surface area contributed by atoms with Crippen molar-refractivity contribution in [2.45, 2.75) is 32.5 Å². The zero-order valence-electron chi connectivity index (χ0n) is 20.4. The minimum Gasteiger partial charge on any atom is -0.348 e. The van der Waals surface area contributed by atoms with Crippen LogP contribution < -0.4 is 10.9 Å². The first-order valence-electron chi connectivity index (χ1n) is 12.6. The standard InChI is InChI=1S/C31H31N3O2/c35-30(29-13-8-20-34(31(29)36)23-24-9-2-1-3-10-24)32-21-27-11-4-5-12-28(27)26-16-14-25(15-17-26)22-33-18-6-7-19-33/h1-5,8-17,20H,6-7,18-19,21-23H2,(H,32,35). The zero-order chi connectivity index (χ0) is 24.7. The second-order valence-electron chi connectivity index (χ2n) is 9.36. The first kappa shape index (κ1) is 23.8. The molecule has 5 heteroatoms. The second-order valence-corrected chi connectivity index (χ2v) is 9.36. The molecule has 0 saturated carbocycles. The molecule has 4 aromatic rings. The van der Waals surface area contributed by atoms with E-state index in [4.69, 9.17) is 0 Å². The average molecular weight is 478 g/mol. The summed E-state index contributed by atoms with van der Waals surface area (Å²) in [5.41, 5.74) is 5.41. The molecule has 1 saturated heterocycles. The molecule has 0 atom stereocenters. The Labute approximate surface area is 212 Å². The Balaban J connectivity index is 1.28. The maximum atomic E-state index is 13.0. The summed E-state index contributed by atoms with van der Waals surface area (Å²) in [6.07, 6.45) is 4.30. The van der Waals surface area contributed by atoms with Crippen LogP contribution in [0.3, 0.4) is 0 Å². The lowest BCUT2D eigenvalue weighted by atomic mass is 9.98. The maximum absolute atomic E-state index is 13.0. The molecule has 5 nitrogen and oxygen atoms in total. The summed E-state index contributed by atoms with van der Waals surface area (Å²) in [7, 11) is 0. The normalized spacial score (nSPS) is 13.6. The lowest BCUT2D eigenvalue weighted by Crippen LogP contribution is -2.32. The fraction of sp³-hybridized carbons (Fsp3) is 0.226. The minimum atomic E-state index is -0.363. The van der Waals surface area contributed by atoms with Gasteiger partial charge in [-0.2, -0.15) is 0 Å². The Bertz CT molecular complexity index is 1370. The highest BCUT2D eigenvalue weighted by molar-refractivity contribution is 5.93. The average Bonchev–Trinajstić information content (AvgIpc) is 3.43. The number of nitrogens with zero attached hydrogens (tertiary/aromatic N) is 2. The molecule has 0 spiro atoms. The largest absolute Gasteiger partial charge is 0.348 e. The van der Waals surface area contributed by atoms with Crippen LogP contribution in [0.4, 0.5) is 0 Å². The van der Waals surface area contributed by atoms with Gasteiger partial charge in [-0.1, -0.05) is 78.9 Å². The third kappa shape index (κ3) is 5.64. The second kappa shape index (κ2) is 11.2. The van der Waals surface area contributed by atoms with Crippen molar-refractivity contribution >= 4 is 5.91 Å². The van der Waals surface area contributed by atoms with Crippen molar-refractivity contribution in [3.8, 4) is 11.1 Å². The number of carbonyl (C=O) groups is 1. The summed E-state index contributed by atoms with van der Waals surface area (Å²) in [6.45, 7) is 4.14. The number of nitrogens with one attached hydrogen (secondary N) is 1. The summed E-state index contributed by atoms with van der Waals surface area (Å²) < 4.78 is 1.57. The number of likely N-dealkylation sites (tertiary alicyclic amines) is 1. The Hall–Kier alpha value is -3.96. The monoisotopic (exact) mass is 477 g/mol. The highest BCUT2D eigenvalue weighted by Gasteiger charge is 2.14. The Morgan fingerprint density at radius 1 is 0.750 bits per heavy atom. The van der Waals surface area contributed by atoms with E-state index < -0.39 is 0 Å². The van der Waals surface area contributed by atoms with Crippen LogP contribution in [-0.4, -0.2) is 28.5 Å². The van der Waals surface area contributed by atoms with Gasteiger partial charge in [0, 0.05) is 19.3 Å². The maximum Gasteiger partial charge on any atom is 0.263 e. The minimum absolute atomic E-state index is 0.150. The van der Waals surface area contributed by atoms with Gasteiger partial charge in [-0.05, 0) is 65.9 Å². The first-order valence-corrected chi connectivity index (χ1v) is 12.6. The van der Waals surface area contributed by atoms with Crippen LogP contribution in [0.25, 0.3) is 11.1 Å². The molecule has 1 amide bonds. The van der Waals surface area contributed by atoms with Crippen LogP contribution in [0.15, 0.2) is 102 Å². The number of pyridine rings is 1. The van der Waals surface area contributed by atoms with Crippen LogP contribution in [0.2, 0.25) is 0 Å². The molecule has 0 bridgehead atoms. The van der Waals surface area contributed by atoms with Gasteiger partial charge in [0.2, 0.25) is 0 Å². The van der Waals surface area contributed by atoms with Gasteiger partial charge in [0.1, 0.15) is 5.56 Å². The van der Waals surface area contributed by atoms with Crippen LogP contribution in [-0.2, 0) is 19.6 Å². The third-order valence-electron chi connectivity index (χ3n) is 6.79. The summed E-state index contributed by atoms with van der Waals surface area (Å²) in [5, 5.41) is 2.96. The van der Waals surface area contributed by atoms with Gasteiger partial charge in [0.25, 0.3) is 11.5 Å². The predicted octanol–water partition coefficient (Wildman–Crippen LogP) is 5.09. The van der Waals surface area contributed by atoms with Gasteiger partial charge in [0.15, 0.2) is 0 Å². The molecule has 2 heterocycles. The highest BCUT2D eigenvalue weighted by atomic mass is 16.2. The number of amides is 1. The molecule has 1 aliphatic rings. The molecule has 1 aliphatic heterocycles. The fourth-order valence-corrected chi connectivity index (χ4v) is 4.83. The van der Waals surface area contributed by atoms with Gasteiger partial charge in [0.05, 0.1) is 6.54 Å². The lowest BCUT2D eigenvalue weighted by molar-refractivity contribution is 0.0949. The van der Waals surface area contributed by atoms with Gasteiger partial charge in [-0.3, -0.25) is 14.5 Å². The number of hydrogen-bond acceptors (Lipinski definition) is 3. The summed E-state index contributed by atoms with van der Waals surface area (Å²) in [4.78, 5) is 28.4. The summed E-state index contributed by atoms with van der Waals surface area (Å²) in [6, 6.07) is 29.9. The molecule has 1 N–H and O–H groups in total. The Kier molecular flexibility index (Phi) is 7.39. The number of hydrogen-bond donors (Lipinski definition) is 1. The molecule has 5 rings (SSSR count). The first-order chi connectivity index (χ1) is 17.7. The predicted molar refractivity (Wildman–Crippen MR) is 144 cm³/mol. The van der Waals surface area contributed by atoms with Crippen molar-refractivity contribution in [3.63, 3.8) is 0 Å². The van der Waals surface area contributed by atoms with Crippen molar-refractivity contribution in [2.24, 2.45) is 0 Å². The van der Waals surface area contributed by atoms with Crippen LogP contribution in [0.1, 0.15) is 39.9 Å². The molecule has 1 aromatic heterocycles. The molecule has 0 radical (unpaired) electrons. The number of benzene rings is 3. The molecular formula is C31H31N3O2. The summed E-state index contributed by atoms with van der Waals surface area (Å²) >= 11 is 0. The van der Waals surface area contributed by atoms with Gasteiger partial charge in [-0.25, -0.2) is 0 Å². The molecule has 36 heavy (non-hydrogen) atoms. The van der Waals surface area contributed by atoms with E-state index in [1.165, 1.54) is 31.5 Å².